The summed E-state index contributed by atoms with van der Waals surface area (Å²) in [6.45, 7) is 5.70. The van der Waals surface area contributed by atoms with Gasteiger partial charge >= 0.3 is 0 Å². The van der Waals surface area contributed by atoms with Gasteiger partial charge < -0.3 is 5.32 Å². The Bertz CT molecular complexity index is 208. The summed E-state index contributed by atoms with van der Waals surface area (Å²) < 4.78 is 0. The van der Waals surface area contributed by atoms with Gasteiger partial charge in [0.25, 0.3) is 0 Å². The SMILES string of the molecule is CCN(C)[C@@H]1CCC2=C1CNC2. The van der Waals surface area contributed by atoms with Gasteiger partial charge in [0.05, 0.1) is 0 Å². The Kier molecular flexibility index (Phi) is 2.20. The summed E-state index contributed by atoms with van der Waals surface area (Å²) >= 11 is 0. The molecule has 0 unspecified atom stereocenters. The van der Waals surface area contributed by atoms with E-state index in [0.717, 1.165) is 19.1 Å². The zero-order chi connectivity index (χ0) is 8.55. The van der Waals surface area contributed by atoms with Crippen LogP contribution >= 0.6 is 0 Å². The van der Waals surface area contributed by atoms with Crippen LogP contribution in [-0.2, 0) is 0 Å². The van der Waals surface area contributed by atoms with Gasteiger partial charge in [-0.05, 0) is 32.0 Å². The molecule has 2 aliphatic rings. The summed E-state index contributed by atoms with van der Waals surface area (Å²) in [6, 6.07) is 0.750. The Morgan fingerprint density at radius 3 is 3.08 bits per heavy atom. The molecule has 2 rings (SSSR count). The van der Waals surface area contributed by atoms with E-state index in [1.165, 1.54) is 19.4 Å². The Morgan fingerprint density at radius 2 is 2.33 bits per heavy atom. The minimum Gasteiger partial charge on any atom is -0.309 e. The largest absolute Gasteiger partial charge is 0.309 e. The maximum atomic E-state index is 3.43. The lowest BCUT2D eigenvalue weighted by molar-refractivity contribution is 0.281. The molecule has 2 nitrogen and oxygen atoms in total. The summed E-state index contributed by atoms with van der Waals surface area (Å²) in [4.78, 5) is 2.47. The molecule has 1 heterocycles. The van der Waals surface area contributed by atoms with Crippen LogP contribution in [0.4, 0.5) is 0 Å². The molecule has 0 fully saturated rings. The highest BCUT2D eigenvalue weighted by Crippen LogP contribution is 2.31. The fourth-order valence-electron chi connectivity index (χ4n) is 2.38. The first-order valence-electron chi connectivity index (χ1n) is 4.94. The minimum absolute atomic E-state index is 0.750. The second-order valence-electron chi connectivity index (χ2n) is 3.86. The first kappa shape index (κ1) is 8.27. The predicted molar refractivity (Wildman–Crippen MR) is 51.2 cm³/mol. The van der Waals surface area contributed by atoms with Crippen LogP contribution in [0.25, 0.3) is 0 Å². The molecule has 2 heteroatoms. The summed E-state index contributed by atoms with van der Waals surface area (Å²) in [6.07, 6.45) is 2.69. The second kappa shape index (κ2) is 3.19. The maximum absolute atomic E-state index is 3.43. The highest BCUT2D eigenvalue weighted by molar-refractivity contribution is 5.32. The lowest BCUT2D eigenvalue weighted by Crippen LogP contribution is -2.33. The Hall–Kier alpha value is -0.340. The van der Waals surface area contributed by atoms with Gasteiger partial charge in [-0.15, -0.1) is 0 Å². The van der Waals surface area contributed by atoms with E-state index in [-0.39, 0.29) is 0 Å². The molecule has 1 atom stereocenters. The third kappa shape index (κ3) is 1.19. The Labute approximate surface area is 74.6 Å². The molecular weight excluding hydrogens is 148 g/mol. The number of nitrogens with one attached hydrogen (secondary N) is 1. The quantitative estimate of drug-likeness (QED) is 0.616. The molecule has 0 radical (unpaired) electrons. The highest BCUT2D eigenvalue weighted by Gasteiger charge is 2.29. The molecular formula is C10H18N2. The van der Waals surface area contributed by atoms with E-state index in [0.29, 0.717) is 0 Å². The molecule has 0 saturated carbocycles. The Morgan fingerprint density at radius 1 is 1.50 bits per heavy atom. The summed E-state index contributed by atoms with van der Waals surface area (Å²) in [7, 11) is 2.24. The maximum Gasteiger partial charge on any atom is 0.0323 e. The van der Waals surface area contributed by atoms with E-state index >= 15 is 0 Å². The van der Waals surface area contributed by atoms with Crippen molar-refractivity contribution in [3.8, 4) is 0 Å². The third-order valence-electron chi connectivity index (χ3n) is 3.26. The second-order valence-corrected chi connectivity index (χ2v) is 3.86. The van der Waals surface area contributed by atoms with Gasteiger partial charge in [-0.3, -0.25) is 4.90 Å². The minimum atomic E-state index is 0.750. The van der Waals surface area contributed by atoms with Crippen LogP contribution in [0, 0.1) is 0 Å². The predicted octanol–water partition coefficient (Wildman–Crippen LogP) is 1.00. The van der Waals surface area contributed by atoms with Gasteiger partial charge in [0.2, 0.25) is 0 Å². The molecule has 1 aliphatic carbocycles. The smallest absolute Gasteiger partial charge is 0.0323 e. The summed E-state index contributed by atoms with van der Waals surface area (Å²) in [5.41, 5.74) is 3.39. The number of rotatable bonds is 2. The van der Waals surface area contributed by atoms with Crippen LogP contribution in [0.2, 0.25) is 0 Å². The standard InChI is InChI=1S/C10H18N2/c1-3-12(2)10-5-4-8-6-11-7-9(8)10/h10-11H,3-7H2,1-2H3/t10-/m1/s1. The van der Waals surface area contributed by atoms with Crippen molar-refractivity contribution in [1.29, 1.82) is 0 Å². The lowest BCUT2D eigenvalue weighted by Gasteiger charge is -2.24. The van der Waals surface area contributed by atoms with Crippen LogP contribution < -0.4 is 5.32 Å². The van der Waals surface area contributed by atoms with E-state index in [9.17, 15) is 0 Å². The molecule has 0 saturated heterocycles. The van der Waals surface area contributed by atoms with Crippen molar-refractivity contribution in [3.05, 3.63) is 11.1 Å². The molecule has 12 heavy (non-hydrogen) atoms. The van der Waals surface area contributed by atoms with Crippen LogP contribution in [0.3, 0.4) is 0 Å². The number of nitrogens with zero attached hydrogens (tertiary/aromatic N) is 1. The van der Waals surface area contributed by atoms with E-state index < -0.39 is 0 Å². The van der Waals surface area contributed by atoms with E-state index in [1.807, 2.05) is 0 Å². The van der Waals surface area contributed by atoms with E-state index in [2.05, 4.69) is 24.2 Å². The van der Waals surface area contributed by atoms with Crippen molar-refractivity contribution >= 4 is 0 Å². The molecule has 0 aromatic heterocycles. The van der Waals surface area contributed by atoms with Crippen molar-refractivity contribution in [2.24, 2.45) is 0 Å². The monoisotopic (exact) mass is 166 g/mol. The third-order valence-corrected chi connectivity index (χ3v) is 3.26. The average Bonchev–Trinajstić information content (AvgIpc) is 2.62. The molecule has 68 valence electrons. The zero-order valence-electron chi connectivity index (χ0n) is 8.06. The van der Waals surface area contributed by atoms with Crippen molar-refractivity contribution < 1.29 is 0 Å². The number of hydrogen-bond donors (Lipinski definition) is 1. The van der Waals surface area contributed by atoms with Crippen molar-refractivity contribution in [1.82, 2.24) is 10.2 Å². The first-order chi connectivity index (χ1) is 5.83. The van der Waals surface area contributed by atoms with Gasteiger partial charge in [0.15, 0.2) is 0 Å². The molecule has 0 spiro atoms. The fourth-order valence-corrected chi connectivity index (χ4v) is 2.38. The summed E-state index contributed by atoms with van der Waals surface area (Å²) in [5, 5.41) is 3.43. The molecule has 0 amide bonds. The van der Waals surface area contributed by atoms with Gasteiger partial charge in [0.1, 0.15) is 0 Å². The molecule has 0 bridgehead atoms. The zero-order valence-corrected chi connectivity index (χ0v) is 8.06. The summed E-state index contributed by atoms with van der Waals surface area (Å²) in [5.74, 6) is 0. The van der Waals surface area contributed by atoms with E-state index in [1.54, 1.807) is 11.1 Å². The molecule has 1 N–H and O–H groups in total. The van der Waals surface area contributed by atoms with Crippen molar-refractivity contribution in [2.45, 2.75) is 25.8 Å². The van der Waals surface area contributed by atoms with Gasteiger partial charge in [-0.1, -0.05) is 12.5 Å². The van der Waals surface area contributed by atoms with Crippen LogP contribution in [0.5, 0.6) is 0 Å². The Balaban J connectivity index is 2.09. The first-order valence-corrected chi connectivity index (χ1v) is 4.94. The normalized spacial score (nSPS) is 28.8. The van der Waals surface area contributed by atoms with Crippen LogP contribution in [-0.4, -0.2) is 37.6 Å². The highest BCUT2D eigenvalue weighted by atomic mass is 15.1. The van der Waals surface area contributed by atoms with Crippen molar-refractivity contribution in [2.75, 3.05) is 26.7 Å². The molecule has 0 aromatic carbocycles. The fraction of sp³-hybridized carbons (Fsp3) is 0.800. The van der Waals surface area contributed by atoms with Crippen LogP contribution in [0.15, 0.2) is 11.1 Å². The van der Waals surface area contributed by atoms with Gasteiger partial charge in [0, 0.05) is 19.1 Å². The number of likely N-dealkylation sites (N-methyl/N-ethyl adjacent to an activating group) is 1. The van der Waals surface area contributed by atoms with Gasteiger partial charge in [-0.25, -0.2) is 0 Å². The molecule has 0 aromatic rings. The topological polar surface area (TPSA) is 15.3 Å². The van der Waals surface area contributed by atoms with Gasteiger partial charge in [-0.2, -0.15) is 0 Å². The molecule has 1 aliphatic heterocycles. The number of hydrogen-bond acceptors (Lipinski definition) is 2. The lowest BCUT2D eigenvalue weighted by atomic mass is 10.1. The van der Waals surface area contributed by atoms with E-state index in [4.69, 9.17) is 0 Å². The van der Waals surface area contributed by atoms with Crippen LogP contribution in [0.1, 0.15) is 19.8 Å². The average molecular weight is 166 g/mol. The van der Waals surface area contributed by atoms with Crippen molar-refractivity contribution in [3.63, 3.8) is 0 Å².